The zero-order valence-electron chi connectivity index (χ0n) is 11.2. The minimum absolute atomic E-state index is 0.136. The van der Waals surface area contributed by atoms with Gasteiger partial charge < -0.3 is 15.3 Å². The second-order valence-corrected chi connectivity index (χ2v) is 4.38. The molecule has 0 radical (unpaired) electrons. The minimum Gasteiger partial charge on any atom is -0.392 e. The van der Waals surface area contributed by atoms with E-state index >= 15 is 0 Å². The number of hydrogen-bond donors (Lipinski definition) is 2. The quantitative estimate of drug-likeness (QED) is 0.801. The van der Waals surface area contributed by atoms with Gasteiger partial charge in [0.1, 0.15) is 0 Å². The van der Waals surface area contributed by atoms with Crippen molar-refractivity contribution < 1.29 is 9.90 Å². The number of rotatable bonds is 6. The van der Waals surface area contributed by atoms with Gasteiger partial charge in [-0.05, 0) is 19.4 Å². The molecule has 0 spiro atoms. The van der Waals surface area contributed by atoms with E-state index in [1.807, 2.05) is 0 Å². The molecule has 2 N–H and O–H groups in total. The first-order valence-electron chi connectivity index (χ1n) is 6.17. The predicted octanol–water partition coefficient (Wildman–Crippen LogP) is 1.36. The highest BCUT2D eigenvalue weighted by atomic mass is 16.3. The maximum atomic E-state index is 12.2. The summed E-state index contributed by atoms with van der Waals surface area (Å²) >= 11 is 0. The number of carbonyl (C=O) groups excluding carboxylic acids is 1. The smallest absolute Gasteiger partial charge is 0.257 e. The standard InChI is InChI=1S/C13H21N3O2/c1-4-6-15-12-5-7-14-8-11(12)13(18)16(3)9-10(2)17/h5,7-8,10,17H,4,6,9H2,1-3H3,(H,14,15). The Hall–Kier alpha value is -1.62. The molecule has 1 unspecified atom stereocenters. The molecule has 1 aromatic heterocycles. The van der Waals surface area contributed by atoms with Gasteiger partial charge in [-0.2, -0.15) is 0 Å². The number of hydrogen-bond acceptors (Lipinski definition) is 4. The lowest BCUT2D eigenvalue weighted by molar-refractivity contribution is 0.0704. The van der Waals surface area contributed by atoms with Crippen molar-refractivity contribution >= 4 is 11.6 Å². The first-order chi connectivity index (χ1) is 8.56. The molecule has 5 heteroatoms. The third-order valence-corrected chi connectivity index (χ3v) is 2.50. The van der Waals surface area contributed by atoms with E-state index in [9.17, 15) is 9.90 Å². The van der Waals surface area contributed by atoms with Crippen molar-refractivity contribution in [1.29, 1.82) is 0 Å². The third-order valence-electron chi connectivity index (χ3n) is 2.50. The van der Waals surface area contributed by atoms with E-state index in [0.29, 0.717) is 12.1 Å². The Morgan fingerprint density at radius 1 is 1.61 bits per heavy atom. The summed E-state index contributed by atoms with van der Waals surface area (Å²) in [6.07, 6.45) is 3.66. The van der Waals surface area contributed by atoms with Crippen LogP contribution < -0.4 is 5.32 Å². The molecule has 0 aromatic carbocycles. The first kappa shape index (κ1) is 14.4. The monoisotopic (exact) mass is 251 g/mol. The summed E-state index contributed by atoms with van der Waals surface area (Å²) in [5, 5.41) is 12.5. The fraction of sp³-hybridized carbons (Fsp3) is 0.538. The van der Waals surface area contributed by atoms with E-state index < -0.39 is 6.10 Å². The summed E-state index contributed by atoms with van der Waals surface area (Å²) in [6, 6.07) is 1.79. The van der Waals surface area contributed by atoms with E-state index in [2.05, 4.69) is 17.2 Å². The van der Waals surface area contributed by atoms with Gasteiger partial charge in [-0.1, -0.05) is 6.92 Å². The molecule has 1 aromatic rings. The van der Waals surface area contributed by atoms with Crippen molar-refractivity contribution in [1.82, 2.24) is 9.88 Å². The van der Waals surface area contributed by atoms with Crippen molar-refractivity contribution in [2.75, 3.05) is 25.5 Å². The average molecular weight is 251 g/mol. The van der Waals surface area contributed by atoms with Gasteiger partial charge in [-0.3, -0.25) is 9.78 Å². The number of aromatic nitrogens is 1. The Kier molecular flexibility index (Phi) is 5.58. The van der Waals surface area contributed by atoms with Crippen LogP contribution in [0.1, 0.15) is 30.6 Å². The maximum Gasteiger partial charge on any atom is 0.257 e. The van der Waals surface area contributed by atoms with Crippen molar-refractivity contribution in [2.45, 2.75) is 26.4 Å². The van der Waals surface area contributed by atoms with Gasteiger partial charge in [0.25, 0.3) is 5.91 Å². The lowest BCUT2D eigenvalue weighted by atomic mass is 10.2. The second-order valence-electron chi connectivity index (χ2n) is 4.38. The Labute approximate surface area is 108 Å². The Morgan fingerprint density at radius 2 is 2.33 bits per heavy atom. The number of carbonyl (C=O) groups is 1. The molecule has 0 saturated heterocycles. The van der Waals surface area contributed by atoms with Gasteiger partial charge in [-0.25, -0.2) is 0 Å². The summed E-state index contributed by atoms with van der Waals surface area (Å²) in [5.74, 6) is -0.136. The van der Waals surface area contributed by atoms with E-state index in [1.54, 1.807) is 32.4 Å². The zero-order valence-corrected chi connectivity index (χ0v) is 11.2. The van der Waals surface area contributed by atoms with E-state index in [0.717, 1.165) is 18.7 Å². The highest BCUT2D eigenvalue weighted by Crippen LogP contribution is 2.15. The largest absolute Gasteiger partial charge is 0.392 e. The molecule has 0 aliphatic carbocycles. The normalized spacial score (nSPS) is 12.0. The molecular formula is C13H21N3O2. The SMILES string of the molecule is CCCNc1ccncc1C(=O)N(C)CC(C)O. The topological polar surface area (TPSA) is 65.5 Å². The molecule has 1 heterocycles. The molecule has 1 atom stereocenters. The molecule has 18 heavy (non-hydrogen) atoms. The molecular weight excluding hydrogens is 230 g/mol. The number of aliphatic hydroxyl groups is 1. The van der Waals surface area contributed by atoms with E-state index in [1.165, 1.54) is 4.90 Å². The summed E-state index contributed by atoms with van der Waals surface area (Å²) in [6.45, 7) is 4.84. The molecule has 0 aliphatic heterocycles. The van der Waals surface area contributed by atoms with E-state index in [4.69, 9.17) is 0 Å². The lowest BCUT2D eigenvalue weighted by Crippen LogP contribution is -2.33. The van der Waals surface area contributed by atoms with Crippen LogP contribution in [-0.4, -0.2) is 47.1 Å². The number of pyridine rings is 1. The molecule has 0 saturated carbocycles. The van der Waals surface area contributed by atoms with Crippen molar-refractivity contribution in [3.63, 3.8) is 0 Å². The summed E-state index contributed by atoms with van der Waals surface area (Å²) in [4.78, 5) is 17.7. The van der Waals surface area contributed by atoms with Crippen LogP contribution in [-0.2, 0) is 0 Å². The molecule has 1 rings (SSSR count). The van der Waals surface area contributed by atoms with Gasteiger partial charge in [0, 0.05) is 32.5 Å². The van der Waals surface area contributed by atoms with Crippen LogP contribution in [0.4, 0.5) is 5.69 Å². The van der Waals surface area contributed by atoms with Crippen molar-refractivity contribution in [3.8, 4) is 0 Å². The van der Waals surface area contributed by atoms with Gasteiger partial charge in [0.15, 0.2) is 0 Å². The number of aliphatic hydroxyl groups excluding tert-OH is 1. The lowest BCUT2D eigenvalue weighted by Gasteiger charge is -2.20. The molecule has 0 aliphatic rings. The summed E-state index contributed by atoms with van der Waals surface area (Å²) in [5.41, 5.74) is 1.32. The first-order valence-corrected chi connectivity index (χ1v) is 6.17. The van der Waals surface area contributed by atoms with Gasteiger partial charge in [-0.15, -0.1) is 0 Å². The Morgan fingerprint density at radius 3 is 2.94 bits per heavy atom. The van der Waals surface area contributed by atoms with Crippen LogP contribution in [0.15, 0.2) is 18.5 Å². The van der Waals surface area contributed by atoms with Gasteiger partial charge in [0.05, 0.1) is 17.4 Å². The van der Waals surface area contributed by atoms with Crippen LogP contribution in [0.2, 0.25) is 0 Å². The number of amides is 1. The maximum absolute atomic E-state index is 12.2. The van der Waals surface area contributed by atoms with Crippen LogP contribution in [0.3, 0.4) is 0 Å². The van der Waals surface area contributed by atoms with Crippen molar-refractivity contribution in [2.24, 2.45) is 0 Å². The fourth-order valence-corrected chi connectivity index (χ4v) is 1.66. The number of nitrogens with one attached hydrogen (secondary N) is 1. The fourth-order valence-electron chi connectivity index (χ4n) is 1.66. The molecule has 0 fully saturated rings. The van der Waals surface area contributed by atoms with E-state index in [-0.39, 0.29) is 5.91 Å². The highest BCUT2D eigenvalue weighted by molar-refractivity contribution is 5.99. The summed E-state index contributed by atoms with van der Waals surface area (Å²) in [7, 11) is 1.67. The van der Waals surface area contributed by atoms with Crippen LogP contribution in [0.25, 0.3) is 0 Å². The number of likely N-dealkylation sites (N-methyl/N-ethyl adjacent to an activating group) is 1. The summed E-state index contributed by atoms with van der Waals surface area (Å²) < 4.78 is 0. The molecule has 100 valence electrons. The van der Waals surface area contributed by atoms with Gasteiger partial charge >= 0.3 is 0 Å². The predicted molar refractivity (Wildman–Crippen MR) is 71.7 cm³/mol. The molecule has 5 nitrogen and oxygen atoms in total. The zero-order chi connectivity index (χ0) is 13.5. The Balaban J connectivity index is 2.84. The molecule has 0 bridgehead atoms. The second kappa shape index (κ2) is 6.96. The van der Waals surface area contributed by atoms with Crippen LogP contribution in [0, 0.1) is 0 Å². The van der Waals surface area contributed by atoms with Gasteiger partial charge in [0.2, 0.25) is 0 Å². The Bertz CT molecular complexity index is 394. The minimum atomic E-state index is -0.539. The third kappa shape index (κ3) is 4.00. The number of anilines is 1. The highest BCUT2D eigenvalue weighted by Gasteiger charge is 2.16. The van der Waals surface area contributed by atoms with Crippen molar-refractivity contribution in [3.05, 3.63) is 24.0 Å². The van der Waals surface area contributed by atoms with Crippen LogP contribution in [0.5, 0.6) is 0 Å². The number of nitrogens with zero attached hydrogens (tertiary/aromatic N) is 2. The molecule has 1 amide bonds. The average Bonchev–Trinajstić information content (AvgIpc) is 2.35. The van der Waals surface area contributed by atoms with Crippen LogP contribution >= 0.6 is 0 Å².